The van der Waals surface area contributed by atoms with Crippen LogP contribution in [0.25, 0.3) is 0 Å². The maximum Gasteiger partial charge on any atom is 0.261 e. The molecule has 0 atom stereocenters. The molecular weight excluding hydrogens is 362 g/mol. The number of carbonyl (C=O) groups is 3. The number of hydrogen-bond donors (Lipinski definition) is 2. The molecule has 0 spiro atoms. The van der Waals surface area contributed by atoms with Crippen LogP contribution in [0.3, 0.4) is 0 Å². The van der Waals surface area contributed by atoms with Crippen LogP contribution in [0.1, 0.15) is 33.6 Å². The van der Waals surface area contributed by atoms with E-state index in [1.54, 1.807) is 13.1 Å². The predicted molar refractivity (Wildman–Crippen MR) is 108 cm³/mol. The van der Waals surface area contributed by atoms with Crippen LogP contribution < -0.4 is 10.6 Å². The standard InChI is InChI=1S/C20H25N3O3S/c1-14-7-4-8-15(2)19(14)22-17(24)13-23(3)18(25)10-5-11-21-20(26)16-9-6-12-27-16/h4,6-9,12H,5,10-11,13H2,1-3H3,(H,21,26)(H,22,24). The number of hydrogen-bond acceptors (Lipinski definition) is 4. The fourth-order valence-corrected chi connectivity index (χ4v) is 3.26. The van der Waals surface area contributed by atoms with Crippen LogP contribution in [-0.2, 0) is 9.59 Å². The fraction of sp³-hybridized carbons (Fsp3) is 0.350. The minimum absolute atomic E-state index is 0.00579. The first-order valence-electron chi connectivity index (χ1n) is 8.80. The first-order chi connectivity index (χ1) is 12.9. The summed E-state index contributed by atoms with van der Waals surface area (Å²) >= 11 is 1.38. The summed E-state index contributed by atoms with van der Waals surface area (Å²) in [7, 11) is 1.61. The van der Waals surface area contributed by atoms with Gasteiger partial charge in [-0.25, -0.2) is 0 Å². The molecule has 6 nitrogen and oxygen atoms in total. The van der Waals surface area contributed by atoms with E-state index in [-0.39, 0.29) is 30.7 Å². The van der Waals surface area contributed by atoms with E-state index >= 15 is 0 Å². The number of nitrogens with zero attached hydrogens (tertiary/aromatic N) is 1. The molecule has 0 saturated carbocycles. The SMILES string of the molecule is Cc1cccc(C)c1NC(=O)CN(C)C(=O)CCCNC(=O)c1cccs1. The van der Waals surface area contributed by atoms with Crippen molar-refractivity contribution in [3.05, 3.63) is 51.7 Å². The molecule has 0 unspecified atom stereocenters. The first kappa shape index (κ1) is 20.6. The summed E-state index contributed by atoms with van der Waals surface area (Å²) in [5, 5.41) is 7.50. The molecule has 2 aromatic rings. The Bertz CT molecular complexity index is 783. The van der Waals surface area contributed by atoms with E-state index in [0.717, 1.165) is 16.8 Å². The van der Waals surface area contributed by atoms with Crippen LogP contribution in [-0.4, -0.2) is 42.8 Å². The first-order valence-corrected chi connectivity index (χ1v) is 9.68. The molecule has 0 bridgehead atoms. The van der Waals surface area contributed by atoms with Gasteiger partial charge in [-0.05, 0) is 42.8 Å². The quantitative estimate of drug-likeness (QED) is 0.684. The largest absolute Gasteiger partial charge is 0.351 e. The molecule has 0 aliphatic carbocycles. The Labute approximate surface area is 163 Å². The minimum atomic E-state index is -0.228. The van der Waals surface area contributed by atoms with Crippen LogP contribution in [0.4, 0.5) is 5.69 Å². The molecule has 0 saturated heterocycles. The third-order valence-corrected chi connectivity index (χ3v) is 5.02. The molecule has 27 heavy (non-hydrogen) atoms. The van der Waals surface area contributed by atoms with Crippen molar-refractivity contribution < 1.29 is 14.4 Å². The fourth-order valence-electron chi connectivity index (χ4n) is 2.62. The van der Waals surface area contributed by atoms with Crippen LogP contribution in [0, 0.1) is 13.8 Å². The highest BCUT2D eigenvalue weighted by Crippen LogP contribution is 2.19. The molecule has 0 radical (unpaired) electrons. The van der Waals surface area contributed by atoms with E-state index in [1.807, 2.05) is 43.5 Å². The van der Waals surface area contributed by atoms with E-state index in [1.165, 1.54) is 16.2 Å². The zero-order chi connectivity index (χ0) is 19.8. The lowest BCUT2D eigenvalue weighted by molar-refractivity contribution is -0.133. The van der Waals surface area contributed by atoms with E-state index < -0.39 is 0 Å². The highest BCUT2D eigenvalue weighted by atomic mass is 32.1. The molecular formula is C20H25N3O3S. The summed E-state index contributed by atoms with van der Waals surface area (Å²) in [6.07, 6.45) is 0.802. The second kappa shape index (κ2) is 9.87. The van der Waals surface area contributed by atoms with Gasteiger partial charge in [0.1, 0.15) is 0 Å². The second-order valence-corrected chi connectivity index (χ2v) is 7.35. The van der Waals surface area contributed by atoms with Crippen molar-refractivity contribution in [1.29, 1.82) is 0 Å². The van der Waals surface area contributed by atoms with Gasteiger partial charge in [-0.15, -0.1) is 11.3 Å². The third-order valence-electron chi connectivity index (χ3n) is 4.15. The Morgan fingerprint density at radius 3 is 2.41 bits per heavy atom. The molecule has 0 fully saturated rings. The Balaban J connectivity index is 1.71. The molecule has 3 amide bonds. The number of likely N-dealkylation sites (N-methyl/N-ethyl adjacent to an activating group) is 1. The molecule has 7 heteroatoms. The lowest BCUT2D eigenvalue weighted by atomic mass is 10.1. The van der Waals surface area contributed by atoms with Crippen molar-refractivity contribution in [1.82, 2.24) is 10.2 Å². The highest BCUT2D eigenvalue weighted by molar-refractivity contribution is 7.12. The van der Waals surface area contributed by atoms with Crippen molar-refractivity contribution >= 4 is 34.7 Å². The lowest BCUT2D eigenvalue weighted by Gasteiger charge is -2.18. The van der Waals surface area contributed by atoms with Crippen LogP contribution >= 0.6 is 11.3 Å². The van der Waals surface area contributed by atoms with Crippen molar-refractivity contribution in [3.63, 3.8) is 0 Å². The minimum Gasteiger partial charge on any atom is -0.351 e. The highest BCUT2D eigenvalue weighted by Gasteiger charge is 2.14. The molecule has 144 valence electrons. The van der Waals surface area contributed by atoms with Crippen molar-refractivity contribution in [3.8, 4) is 0 Å². The van der Waals surface area contributed by atoms with Gasteiger partial charge in [-0.2, -0.15) is 0 Å². The van der Waals surface area contributed by atoms with Crippen molar-refractivity contribution in [2.45, 2.75) is 26.7 Å². The van der Waals surface area contributed by atoms with E-state index in [2.05, 4.69) is 10.6 Å². The van der Waals surface area contributed by atoms with Gasteiger partial charge in [-0.3, -0.25) is 14.4 Å². The molecule has 2 N–H and O–H groups in total. The Morgan fingerprint density at radius 1 is 1.07 bits per heavy atom. The van der Waals surface area contributed by atoms with Crippen LogP contribution in [0.15, 0.2) is 35.7 Å². The summed E-state index contributed by atoms with van der Waals surface area (Å²) < 4.78 is 0. The Morgan fingerprint density at radius 2 is 1.78 bits per heavy atom. The molecule has 1 aromatic heterocycles. The van der Waals surface area contributed by atoms with Crippen molar-refractivity contribution in [2.75, 3.05) is 25.5 Å². The number of para-hydroxylation sites is 1. The van der Waals surface area contributed by atoms with Gasteiger partial charge in [-0.1, -0.05) is 24.3 Å². The van der Waals surface area contributed by atoms with Crippen LogP contribution in [0.2, 0.25) is 0 Å². The van der Waals surface area contributed by atoms with Gasteiger partial charge in [0.15, 0.2) is 0 Å². The second-order valence-electron chi connectivity index (χ2n) is 6.40. The van der Waals surface area contributed by atoms with E-state index in [4.69, 9.17) is 0 Å². The van der Waals surface area contributed by atoms with E-state index in [0.29, 0.717) is 17.8 Å². The molecule has 2 rings (SSSR count). The summed E-state index contributed by atoms with van der Waals surface area (Å²) in [5.74, 6) is -0.481. The average Bonchev–Trinajstić information content (AvgIpc) is 3.16. The summed E-state index contributed by atoms with van der Waals surface area (Å²) in [6, 6.07) is 9.38. The zero-order valence-electron chi connectivity index (χ0n) is 15.9. The topological polar surface area (TPSA) is 78.5 Å². The normalized spacial score (nSPS) is 10.3. The van der Waals surface area contributed by atoms with Gasteiger partial charge < -0.3 is 15.5 Å². The summed E-state index contributed by atoms with van der Waals surface area (Å²) in [4.78, 5) is 38.3. The molecule has 1 heterocycles. The van der Waals surface area contributed by atoms with Gasteiger partial charge in [0.25, 0.3) is 5.91 Å². The number of aryl methyl sites for hydroxylation is 2. The molecule has 1 aromatic carbocycles. The molecule has 0 aliphatic heterocycles. The predicted octanol–water partition coefficient (Wildman–Crippen LogP) is 2.97. The number of thiophene rings is 1. The monoisotopic (exact) mass is 387 g/mol. The maximum atomic E-state index is 12.2. The Hall–Kier alpha value is -2.67. The number of anilines is 1. The van der Waals surface area contributed by atoms with Gasteiger partial charge in [0, 0.05) is 25.7 Å². The molecule has 0 aliphatic rings. The van der Waals surface area contributed by atoms with Crippen LogP contribution in [0.5, 0.6) is 0 Å². The van der Waals surface area contributed by atoms with Gasteiger partial charge in [0.05, 0.1) is 11.4 Å². The number of rotatable bonds is 8. The number of carbonyl (C=O) groups excluding carboxylic acids is 3. The summed E-state index contributed by atoms with van der Waals surface area (Å²) in [5.41, 5.74) is 2.76. The zero-order valence-corrected chi connectivity index (χ0v) is 16.7. The number of nitrogens with one attached hydrogen (secondary N) is 2. The third kappa shape index (κ3) is 6.21. The number of benzene rings is 1. The van der Waals surface area contributed by atoms with E-state index in [9.17, 15) is 14.4 Å². The average molecular weight is 388 g/mol. The number of amides is 3. The maximum absolute atomic E-state index is 12.2. The smallest absolute Gasteiger partial charge is 0.261 e. The van der Waals surface area contributed by atoms with Gasteiger partial charge >= 0.3 is 0 Å². The summed E-state index contributed by atoms with van der Waals surface area (Å²) in [6.45, 7) is 4.28. The lowest BCUT2D eigenvalue weighted by Crippen LogP contribution is -2.35. The van der Waals surface area contributed by atoms with Crippen molar-refractivity contribution in [2.24, 2.45) is 0 Å². The van der Waals surface area contributed by atoms with Gasteiger partial charge in [0.2, 0.25) is 11.8 Å². The Kier molecular flexibility index (Phi) is 7.55.